The van der Waals surface area contributed by atoms with Gasteiger partial charge in [-0.25, -0.2) is 4.79 Å². The molecule has 0 spiro atoms. The Morgan fingerprint density at radius 3 is 2.30 bits per heavy atom. The molecule has 0 aromatic heterocycles. The lowest BCUT2D eigenvalue weighted by Gasteiger charge is -2.39. The Balaban J connectivity index is 2.06. The highest BCUT2D eigenvalue weighted by atomic mass is 16.5. The maximum Gasteiger partial charge on any atom is 0.327 e. The molecule has 0 aromatic rings. The standard InChI is InChI=1S/C13H21N3O4/c1-4-14-5-6-16(12(18)11(14)17)13(19)15-7-9(2)20-10(3)8-15/h9-10H,4-8H2,1-3H3/t9-,10-/m0/s1. The molecule has 112 valence electrons. The summed E-state index contributed by atoms with van der Waals surface area (Å²) in [5, 5.41) is 0. The Hall–Kier alpha value is -1.63. The van der Waals surface area contributed by atoms with E-state index >= 15 is 0 Å². The van der Waals surface area contributed by atoms with E-state index in [4.69, 9.17) is 4.74 Å². The summed E-state index contributed by atoms with van der Waals surface area (Å²) in [7, 11) is 0. The van der Waals surface area contributed by atoms with Gasteiger partial charge in [0, 0.05) is 32.7 Å². The summed E-state index contributed by atoms with van der Waals surface area (Å²) >= 11 is 0. The zero-order valence-corrected chi connectivity index (χ0v) is 12.2. The molecule has 2 saturated heterocycles. The molecule has 2 heterocycles. The monoisotopic (exact) mass is 283 g/mol. The summed E-state index contributed by atoms with van der Waals surface area (Å²) in [6.45, 7) is 7.62. The molecule has 20 heavy (non-hydrogen) atoms. The van der Waals surface area contributed by atoms with Gasteiger partial charge in [0.25, 0.3) is 0 Å². The average molecular weight is 283 g/mol. The largest absolute Gasteiger partial charge is 0.372 e. The smallest absolute Gasteiger partial charge is 0.327 e. The number of amides is 4. The van der Waals surface area contributed by atoms with Gasteiger partial charge < -0.3 is 14.5 Å². The Morgan fingerprint density at radius 1 is 1.15 bits per heavy atom. The minimum atomic E-state index is -0.727. The fourth-order valence-corrected chi connectivity index (χ4v) is 2.66. The van der Waals surface area contributed by atoms with Crippen LogP contribution in [0.1, 0.15) is 20.8 Å². The van der Waals surface area contributed by atoms with Crippen molar-refractivity contribution in [3.8, 4) is 0 Å². The van der Waals surface area contributed by atoms with Crippen molar-refractivity contribution in [1.29, 1.82) is 0 Å². The molecule has 2 aliphatic heterocycles. The SMILES string of the molecule is CCN1CCN(C(=O)N2C[C@H](C)O[C@@H](C)C2)C(=O)C1=O. The van der Waals surface area contributed by atoms with E-state index in [1.165, 1.54) is 4.90 Å². The summed E-state index contributed by atoms with van der Waals surface area (Å²) in [6, 6.07) is -0.388. The van der Waals surface area contributed by atoms with E-state index in [9.17, 15) is 14.4 Å². The van der Waals surface area contributed by atoms with Crippen molar-refractivity contribution in [2.45, 2.75) is 33.0 Å². The Labute approximate surface area is 118 Å². The first-order chi connectivity index (χ1) is 9.43. The van der Waals surface area contributed by atoms with Gasteiger partial charge in [-0.3, -0.25) is 14.5 Å². The first-order valence-electron chi connectivity index (χ1n) is 6.99. The van der Waals surface area contributed by atoms with E-state index in [-0.39, 0.29) is 24.8 Å². The number of hydrogen-bond acceptors (Lipinski definition) is 4. The number of urea groups is 1. The molecule has 7 nitrogen and oxygen atoms in total. The van der Waals surface area contributed by atoms with E-state index < -0.39 is 11.8 Å². The van der Waals surface area contributed by atoms with Crippen LogP contribution in [0.4, 0.5) is 4.79 Å². The summed E-state index contributed by atoms with van der Waals surface area (Å²) in [5.41, 5.74) is 0. The highest BCUT2D eigenvalue weighted by Gasteiger charge is 2.38. The second-order valence-corrected chi connectivity index (χ2v) is 5.29. The minimum absolute atomic E-state index is 0.0644. The van der Waals surface area contributed by atoms with E-state index in [1.54, 1.807) is 4.90 Å². The molecule has 0 radical (unpaired) electrons. The van der Waals surface area contributed by atoms with Gasteiger partial charge in [0.05, 0.1) is 12.2 Å². The van der Waals surface area contributed by atoms with E-state index in [1.807, 2.05) is 20.8 Å². The lowest BCUT2D eigenvalue weighted by molar-refractivity contribution is -0.154. The van der Waals surface area contributed by atoms with Gasteiger partial charge in [0.2, 0.25) is 0 Å². The van der Waals surface area contributed by atoms with Gasteiger partial charge in [0.1, 0.15) is 0 Å². The molecule has 0 aromatic carbocycles. The lowest BCUT2D eigenvalue weighted by atomic mass is 10.2. The zero-order chi connectivity index (χ0) is 14.9. The van der Waals surface area contributed by atoms with Crippen LogP contribution in [0.5, 0.6) is 0 Å². The van der Waals surface area contributed by atoms with E-state index in [0.717, 1.165) is 4.90 Å². The van der Waals surface area contributed by atoms with Crippen LogP contribution >= 0.6 is 0 Å². The highest BCUT2D eigenvalue weighted by Crippen LogP contribution is 2.15. The quantitative estimate of drug-likeness (QED) is 0.630. The molecule has 7 heteroatoms. The number of rotatable bonds is 1. The number of piperazine rings is 1. The summed E-state index contributed by atoms with van der Waals surface area (Å²) in [4.78, 5) is 40.3. The van der Waals surface area contributed by atoms with Crippen LogP contribution < -0.4 is 0 Å². The first kappa shape index (κ1) is 14.8. The van der Waals surface area contributed by atoms with Crippen LogP contribution in [-0.4, -0.2) is 77.5 Å². The number of hydrogen-bond donors (Lipinski definition) is 0. The van der Waals surface area contributed by atoms with Crippen LogP contribution in [0.2, 0.25) is 0 Å². The summed E-state index contributed by atoms with van der Waals surface area (Å²) in [6.07, 6.45) is -0.129. The third-order valence-corrected chi connectivity index (χ3v) is 3.61. The van der Waals surface area contributed by atoms with Crippen LogP contribution in [0.15, 0.2) is 0 Å². The van der Waals surface area contributed by atoms with E-state index in [0.29, 0.717) is 26.2 Å². The second kappa shape index (κ2) is 5.78. The number of ether oxygens (including phenoxy) is 1. The van der Waals surface area contributed by atoms with Crippen LogP contribution in [0, 0.1) is 0 Å². The number of carbonyl (C=O) groups is 3. The van der Waals surface area contributed by atoms with Gasteiger partial charge >= 0.3 is 17.8 Å². The molecule has 0 aliphatic carbocycles. The van der Waals surface area contributed by atoms with Crippen molar-refractivity contribution in [2.24, 2.45) is 0 Å². The first-order valence-corrected chi connectivity index (χ1v) is 6.99. The van der Waals surface area contributed by atoms with Gasteiger partial charge in [-0.15, -0.1) is 0 Å². The average Bonchev–Trinajstić information content (AvgIpc) is 2.40. The van der Waals surface area contributed by atoms with Crippen LogP contribution in [-0.2, 0) is 14.3 Å². The molecule has 0 unspecified atom stereocenters. The zero-order valence-electron chi connectivity index (χ0n) is 12.2. The van der Waals surface area contributed by atoms with Crippen molar-refractivity contribution in [3.63, 3.8) is 0 Å². The van der Waals surface area contributed by atoms with Crippen LogP contribution in [0.3, 0.4) is 0 Å². The van der Waals surface area contributed by atoms with Gasteiger partial charge in [0.15, 0.2) is 0 Å². The number of morpholine rings is 1. The Kier molecular flexibility index (Phi) is 4.27. The maximum atomic E-state index is 12.4. The maximum absolute atomic E-state index is 12.4. The molecular weight excluding hydrogens is 262 g/mol. The predicted molar refractivity (Wildman–Crippen MR) is 70.9 cm³/mol. The molecule has 4 amide bonds. The number of carbonyl (C=O) groups excluding carboxylic acids is 3. The minimum Gasteiger partial charge on any atom is -0.372 e. The van der Waals surface area contributed by atoms with E-state index in [2.05, 4.69) is 0 Å². The summed E-state index contributed by atoms with van der Waals surface area (Å²) in [5.74, 6) is -1.32. The van der Waals surface area contributed by atoms with Crippen molar-refractivity contribution < 1.29 is 19.1 Å². The van der Waals surface area contributed by atoms with Crippen molar-refractivity contribution in [1.82, 2.24) is 14.7 Å². The molecule has 2 fully saturated rings. The van der Waals surface area contributed by atoms with Crippen molar-refractivity contribution in [2.75, 3.05) is 32.7 Å². The lowest BCUT2D eigenvalue weighted by Crippen LogP contribution is -2.61. The fourth-order valence-electron chi connectivity index (χ4n) is 2.66. The molecular formula is C13H21N3O4. The normalized spacial score (nSPS) is 28.1. The van der Waals surface area contributed by atoms with Crippen LogP contribution in [0.25, 0.3) is 0 Å². The topological polar surface area (TPSA) is 70.2 Å². The predicted octanol–water partition coefficient (Wildman–Crippen LogP) is -0.0937. The summed E-state index contributed by atoms with van der Waals surface area (Å²) < 4.78 is 5.56. The number of likely N-dealkylation sites (N-methyl/N-ethyl adjacent to an activating group) is 1. The molecule has 2 aliphatic rings. The second-order valence-electron chi connectivity index (χ2n) is 5.29. The van der Waals surface area contributed by atoms with Gasteiger partial charge in [-0.1, -0.05) is 0 Å². The third-order valence-electron chi connectivity index (χ3n) is 3.61. The molecule has 0 saturated carbocycles. The number of nitrogens with zero attached hydrogens (tertiary/aromatic N) is 3. The Morgan fingerprint density at radius 2 is 1.75 bits per heavy atom. The highest BCUT2D eigenvalue weighted by molar-refractivity contribution is 6.38. The van der Waals surface area contributed by atoms with Crippen molar-refractivity contribution in [3.05, 3.63) is 0 Å². The fraction of sp³-hybridized carbons (Fsp3) is 0.769. The van der Waals surface area contributed by atoms with Gasteiger partial charge in [-0.05, 0) is 20.8 Å². The third kappa shape index (κ3) is 2.77. The molecule has 0 N–H and O–H groups in total. The molecule has 2 atom stereocenters. The molecule has 0 bridgehead atoms. The number of imide groups is 1. The van der Waals surface area contributed by atoms with Gasteiger partial charge in [-0.2, -0.15) is 0 Å². The van der Waals surface area contributed by atoms with Crippen molar-refractivity contribution >= 4 is 17.8 Å². The molecule has 2 rings (SSSR count). The Bertz CT molecular complexity index is 416.